The fraction of sp³-hybridized carbons (Fsp3) is 0.348. The molecule has 0 atom stereocenters. The fourth-order valence-electron chi connectivity index (χ4n) is 3.92. The first-order valence-corrected chi connectivity index (χ1v) is 10.3. The van der Waals surface area contributed by atoms with Crippen molar-refractivity contribution in [3.8, 4) is 5.75 Å². The minimum atomic E-state index is -0.559. The molecule has 1 spiro atoms. The maximum absolute atomic E-state index is 12.5. The highest BCUT2D eigenvalue weighted by Gasteiger charge is 2.42. The summed E-state index contributed by atoms with van der Waals surface area (Å²) in [7, 11) is 0. The number of benzene rings is 2. The minimum Gasteiger partial charge on any atom is -0.492 e. The number of nitrogens with one attached hydrogen (secondary N) is 2. The summed E-state index contributed by atoms with van der Waals surface area (Å²) in [4.78, 5) is 31.8. The van der Waals surface area contributed by atoms with Gasteiger partial charge in [-0.25, -0.2) is 0 Å². The number of hydrogen-bond donors (Lipinski definition) is 2. The summed E-state index contributed by atoms with van der Waals surface area (Å²) < 4.78 is 5.56. The lowest BCUT2D eigenvalue weighted by molar-refractivity contribution is -0.119. The smallest absolute Gasteiger partial charge is 0.272 e. The molecule has 2 N–H and O–H groups in total. The molecule has 0 aliphatic carbocycles. The average Bonchev–Trinajstić information content (AvgIpc) is 3.08. The predicted octanol–water partition coefficient (Wildman–Crippen LogP) is 2.44. The zero-order valence-corrected chi connectivity index (χ0v) is 17.1. The molecule has 7 nitrogen and oxygen atoms in total. The molecule has 1 saturated heterocycles. The van der Waals surface area contributed by atoms with Gasteiger partial charge in [0, 0.05) is 31.5 Å². The molecule has 0 bridgehead atoms. The molecule has 4 rings (SSSR count). The number of aliphatic imine (C=N–C) groups is 1. The lowest BCUT2D eigenvalue weighted by Crippen LogP contribution is -2.52. The zero-order chi connectivity index (χ0) is 21.0. The maximum atomic E-state index is 12.5. The second-order valence-corrected chi connectivity index (χ2v) is 7.57. The molecule has 0 unspecified atom stereocenters. The van der Waals surface area contributed by atoms with Gasteiger partial charge < -0.3 is 15.4 Å². The Morgan fingerprint density at radius 2 is 1.83 bits per heavy atom. The van der Waals surface area contributed by atoms with Crippen LogP contribution in [0.2, 0.25) is 0 Å². The van der Waals surface area contributed by atoms with Crippen LogP contribution in [-0.2, 0) is 9.59 Å². The normalized spacial score (nSPS) is 18.0. The zero-order valence-electron chi connectivity index (χ0n) is 17.1. The average molecular weight is 406 g/mol. The molecule has 2 amide bonds. The van der Waals surface area contributed by atoms with Crippen molar-refractivity contribution in [2.75, 3.05) is 31.6 Å². The van der Waals surface area contributed by atoms with E-state index in [2.05, 4.69) is 15.5 Å². The molecule has 2 aliphatic heterocycles. The topological polar surface area (TPSA) is 83.0 Å². The van der Waals surface area contributed by atoms with Crippen molar-refractivity contribution in [1.82, 2.24) is 10.2 Å². The van der Waals surface area contributed by atoms with Crippen molar-refractivity contribution in [2.45, 2.75) is 25.4 Å². The van der Waals surface area contributed by atoms with E-state index in [-0.39, 0.29) is 11.8 Å². The molecule has 2 aromatic rings. The van der Waals surface area contributed by atoms with Crippen LogP contribution in [0.3, 0.4) is 0 Å². The van der Waals surface area contributed by atoms with Crippen LogP contribution in [0.25, 0.3) is 0 Å². The predicted molar refractivity (Wildman–Crippen MR) is 116 cm³/mol. The maximum Gasteiger partial charge on any atom is 0.272 e. The standard InChI is InChI=1S/C23H26N4O3/c1-2-30-19-11-7-6-10-18(19)24-20(28)16-27-14-12-23(13-15-27)25-21(22(29)26-23)17-8-4-3-5-9-17/h3-11H,2,12-16H2,1H3,(H,24,28)(H,26,29). The van der Waals surface area contributed by atoms with Crippen molar-refractivity contribution in [3.05, 3.63) is 60.2 Å². The molecule has 2 heterocycles. The first-order valence-electron chi connectivity index (χ1n) is 10.3. The van der Waals surface area contributed by atoms with Crippen LogP contribution < -0.4 is 15.4 Å². The first-order chi connectivity index (χ1) is 14.6. The third kappa shape index (κ3) is 4.36. The van der Waals surface area contributed by atoms with Gasteiger partial charge in [-0.1, -0.05) is 42.5 Å². The molecule has 1 fully saturated rings. The third-order valence-electron chi connectivity index (χ3n) is 5.45. The Labute approximate surface area is 176 Å². The van der Waals surface area contributed by atoms with Gasteiger partial charge in [-0.3, -0.25) is 19.5 Å². The Morgan fingerprint density at radius 3 is 2.57 bits per heavy atom. The summed E-state index contributed by atoms with van der Waals surface area (Å²) in [6.45, 7) is 4.12. The van der Waals surface area contributed by atoms with Gasteiger partial charge in [0.2, 0.25) is 5.91 Å². The van der Waals surface area contributed by atoms with Crippen molar-refractivity contribution in [1.29, 1.82) is 0 Å². The number of para-hydroxylation sites is 2. The number of carbonyl (C=O) groups is 2. The van der Waals surface area contributed by atoms with E-state index in [1.54, 1.807) is 0 Å². The summed E-state index contributed by atoms with van der Waals surface area (Å²) in [5.41, 5.74) is 1.45. The Hall–Kier alpha value is -3.19. The van der Waals surface area contributed by atoms with E-state index in [1.807, 2.05) is 61.5 Å². The van der Waals surface area contributed by atoms with Gasteiger partial charge in [-0.15, -0.1) is 0 Å². The Kier molecular flexibility index (Phi) is 5.81. The number of rotatable bonds is 6. The highest BCUT2D eigenvalue weighted by atomic mass is 16.5. The number of piperidine rings is 1. The summed E-state index contributed by atoms with van der Waals surface area (Å²) in [5, 5.41) is 6.00. The van der Waals surface area contributed by atoms with Gasteiger partial charge in [0.1, 0.15) is 17.1 Å². The van der Waals surface area contributed by atoms with Crippen LogP contribution in [0.15, 0.2) is 59.6 Å². The molecule has 156 valence electrons. The Morgan fingerprint density at radius 1 is 1.13 bits per heavy atom. The van der Waals surface area contributed by atoms with E-state index >= 15 is 0 Å². The van der Waals surface area contributed by atoms with E-state index in [1.165, 1.54) is 0 Å². The largest absolute Gasteiger partial charge is 0.492 e. The number of ether oxygens (including phenoxy) is 1. The SMILES string of the molecule is CCOc1ccccc1NC(=O)CN1CCC2(CC1)N=C(c1ccccc1)C(=O)N2. The van der Waals surface area contributed by atoms with Gasteiger partial charge in [0.15, 0.2) is 0 Å². The lowest BCUT2D eigenvalue weighted by Gasteiger charge is -2.36. The van der Waals surface area contributed by atoms with E-state index in [0.29, 0.717) is 56.2 Å². The fourth-order valence-corrected chi connectivity index (χ4v) is 3.92. The summed E-state index contributed by atoms with van der Waals surface area (Å²) in [5.74, 6) is 0.462. The highest BCUT2D eigenvalue weighted by molar-refractivity contribution is 6.46. The van der Waals surface area contributed by atoms with Crippen molar-refractivity contribution >= 4 is 23.2 Å². The molecule has 2 aliphatic rings. The Balaban J connectivity index is 1.35. The Bertz CT molecular complexity index is 950. The van der Waals surface area contributed by atoms with Crippen molar-refractivity contribution < 1.29 is 14.3 Å². The quantitative estimate of drug-likeness (QED) is 0.772. The van der Waals surface area contributed by atoms with Gasteiger partial charge in [-0.2, -0.15) is 0 Å². The number of nitrogens with zero attached hydrogens (tertiary/aromatic N) is 2. The van der Waals surface area contributed by atoms with Crippen molar-refractivity contribution in [3.63, 3.8) is 0 Å². The van der Waals surface area contributed by atoms with Gasteiger partial charge in [-0.05, 0) is 19.1 Å². The number of anilines is 1. The minimum absolute atomic E-state index is 0.0814. The van der Waals surface area contributed by atoms with Gasteiger partial charge in [0.25, 0.3) is 5.91 Å². The molecule has 7 heteroatoms. The van der Waals surface area contributed by atoms with Crippen LogP contribution in [-0.4, -0.2) is 54.3 Å². The van der Waals surface area contributed by atoms with Crippen LogP contribution >= 0.6 is 0 Å². The highest BCUT2D eigenvalue weighted by Crippen LogP contribution is 2.29. The number of likely N-dealkylation sites (tertiary alicyclic amines) is 1. The van der Waals surface area contributed by atoms with Crippen LogP contribution in [0.1, 0.15) is 25.3 Å². The van der Waals surface area contributed by atoms with Crippen molar-refractivity contribution in [2.24, 2.45) is 4.99 Å². The molecule has 0 radical (unpaired) electrons. The summed E-state index contributed by atoms with van der Waals surface area (Å²) in [6.07, 6.45) is 1.36. The molecule has 2 aromatic carbocycles. The molecule has 30 heavy (non-hydrogen) atoms. The van der Waals surface area contributed by atoms with E-state index in [4.69, 9.17) is 9.73 Å². The van der Waals surface area contributed by atoms with Crippen LogP contribution in [0.5, 0.6) is 5.75 Å². The number of carbonyl (C=O) groups excluding carboxylic acids is 2. The van der Waals surface area contributed by atoms with E-state index in [0.717, 1.165) is 5.56 Å². The molecular weight excluding hydrogens is 380 g/mol. The van der Waals surface area contributed by atoms with E-state index < -0.39 is 5.66 Å². The number of hydrogen-bond acceptors (Lipinski definition) is 5. The third-order valence-corrected chi connectivity index (χ3v) is 5.45. The monoisotopic (exact) mass is 406 g/mol. The second-order valence-electron chi connectivity index (χ2n) is 7.57. The van der Waals surface area contributed by atoms with E-state index in [9.17, 15) is 9.59 Å². The van der Waals surface area contributed by atoms with Gasteiger partial charge >= 0.3 is 0 Å². The summed E-state index contributed by atoms with van der Waals surface area (Å²) in [6, 6.07) is 17.0. The number of amides is 2. The van der Waals surface area contributed by atoms with Crippen LogP contribution in [0, 0.1) is 0 Å². The first kappa shape index (κ1) is 20.1. The lowest BCUT2D eigenvalue weighted by atomic mass is 9.98. The van der Waals surface area contributed by atoms with Crippen LogP contribution in [0.4, 0.5) is 5.69 Å². The van der Waals surface area contributed by atoms with Gasteiger partial charge in [0.05, 0.1) is 18.8 Å². The molecule has 0 aromatic heterocycles. The molecule has 0 saturated carbocycles. The molecular formula is C23H26N4O3. The second kappa shape index (κ2) is 8.67. The summed E-state index contributed by atoms with van der Waals surface area (Å²) >= 11 is 0.